The molecule has 2 heterocycles. The minimum Gasteiger partial charge on any atom is -0.492 e. The van der Waals surface area contributed by atoms with Gasteiger partial charge in [0.25, 0.3) is 0 Å². The summed E-state index contributed by atoms with van der Waals surface area (Å²) in [5.74, 6) is 1.25. The van der Waals surface area contributed by atoms with Crippen LogP contribution in [0.1, 0.15) is 37.8 Å². The number of urea groups is 1. The number of ether oxygens (including phenoxy) is 1. The van der Waals surface area contributed by atoms with Gasteiger partial charge in [0.2, 0.25) is 0 Å². The zero-order valence-corrected chi connectivity index (χ0v) is 14.9. The van der Waals surface area contributed by atoms with Crippen molar-refractivity contribution in [1.82, 2.24) is 15.5 Å². The molecule has 1 aromatic carbocycles. The number of nitrogens with zero attached hydrogens (tertiary/aromatic N) is 1. The monoisotopic (exact) mass is 351 g/mol. The molecule has 0 aromatic heterocycles. The third kappa shape index (κ3) is 4.14. The zero-order valence-electron chi connectivity index (χ0n) is 14.2. The zero-order chi connectivity index (χ0) is 16.9. The van der Waals surface area contributed by atoms with Gasteiger partial charge in [0.15, 0.2) is 0 Å². The van der Waals surface area contributed by atoms with E-state index in [9.17, 15) is 4.79 Å². The van der Waals surface area contributed by atoms with Crippen molar-refractivity contribution >= 4 is 17.6 Å². The summed E-state index contributed by atoms with van der Waals surface area (Å²) in [6.07, 6.45) is 3.11. The second kappa shape index (κ2) is 8.08. The van der Waals surface area contributed by atoms with Crippen molar-refractivity contribution in [2.75, 3.05) is 32.8 Å². The number of hydrogen-bond acceptors (Lipinski definition) is 3. The molecule has 0 radical (unpaired) electrons. The summed E-state index contributed by atoms with van der Waals surface area (Å²) in [4.78, 5) is 14.7. The van der Waals surface area contributed by atoms with Gasteiger partial charge in [-0.05, 0) is 37.9 Å². The molecule has 0 saturated carbocycles. The molecule has 6 heteroatoms. The molecule has 5 nitrogen and oxygen atoms in total. The molecule has 1 fully saturated rings. The largest absolute Gasteiger partial charge is 0.492 e. The summed E-state index contributed by atoms with van der Waals surface area (Å²) in [7, 11) is 0. The van der Waals surface area contributed by atoms with Crippen LogP contribution >= 0.6 is 11.6 Å². The number of amides is 2. The summed E-state index contributed by atoms with van der Waals surface area (Å²) in [5.41, 5.74) is 0.957. The SMILES string of the molecule is CCCN1CC[C@H](CNC(=O)N[C@@H]2CCOc3c(Cl)cccc32)C1. The smallest absolute Gasteiger partial charge is 0.315 e. The van der Waals surface area contributed by atoms with Gasteiger partial charge in [0.1, 0.15) is 5.75 Å². The van der Waals surface area contributed by atoms with Crippen LogP contribution in [0.15, 0.2) is 18.2 Å². The maximum atomic E-state index is 12.3. The Morgan fingerprint density at radius 2 is 2.29 bits per heavy atom. The van der Waals surface area contributed by atoms with E-state index in [1.165, 1.54) is 6.42 Å². The first kappa shape index (κ1) is 17.4. The Labute approximate surface area is 148 Å². The number of hydrogen-bond donors (Lipinski definition) is 2. The minimum absolute atomic E-state index is 0.0485. The second-order valence-corrected chi connectivity index (χ2v) is 7.06. The quantitative estimate of drug-likeness (QED) is 0.856. The lowest BCUT2D eigenvalue weighted by molar-refractivity contribution is 0.221. The van der Waals surface area contributed by atoms with Gasteiger partial charge in [-0.15, -0.1) is 0 Å². The van der Waals surface area contributed by atoms with Crippen molar-refractivity contribution in [3.05, 3.63) is 28.8 Å². The van der Waals surface area contributed by atoms with Crippen molar-refractivity contribution in [2.45, 2.75) is 32.2 Å². The average molecular weight is 352 g/mol. The van der Waals surface area contributed by atoms with E-state index < -0.39 is 0 Å². The van der Waals surface area contributed by atoms with E-state index in [0.29, 0.717) is 23.3 Å². The first-order chi connectivity index (χ1) is 11.7. The van der Waals surface area contributed by atoms with E-state index in [4.69, 9.17) is 16.3 Å². The molecule has 2 aliphatic rings. The number of carbonyl (C=O) groups is 1. The Bertz CT molecular complexity index is 581. The van der Waals surface area contributed by atoms with Crippen LogP contribution in [-0.2, 0) is 0 Å². The summed E-state index contributed by atoms with van der Waals surface area (Å²) >= 11 is 6.17. The lowest BCUT2D eigenvalue weighted by atomic mass is 10.0. The minimum atomic E-state index is -0.109. The normalized spacial score (nSPS) is 23.4. The molecule has 2 N–H and O–H groups in total. The fraction of sp³-hybridized carbons (Fsp3) is 0.611. The number of halogens is 1. The molecular formula is C18H26ClN3O2. The van der Waals surface area contributed by atoms with Crippen molar-refractivity contribution < 1.29 is 9.53 Å². The van der Waals surface area contributed by atoms with E-state index >= 15 is 0 Å². The van der Waals surface area contributed by atoms with Crippen LogP contribution in [0.25, 0.3) is 0 Å². The Kier molecular flexibility index (Phi) is 5.85. The van der Waals surface area contributed by atoms with Crippen LogP contribution < -0.4 is 15.4 Å². The highest BCUT2D eigenvalue weighted by Crippen LogP contribution is 2.37. The number of para-hydroxylation sites is 1. The van der Waals surface area contributed by atoms with Gasteiger partial charge in [-0.2, -0.15) is 0 Å². The molecule has 24 heavy (non-hydrogen) atoms. The van der Waals surface area contributed by atoms with Crippen LogP contribution in [0.3, 0.4) is 0 Å². The maximum Gasteiger partial charge on any atom is 0.315 e. The van der Waals surface area contributed by atoms with E-state index in [0.717, 1.165) is 44.6 Å². The fourth-order valence-electron chi connectivity index (χ4n) is 3.58. The van der Waals surface area contributed by atoms with Gasteiger partial charge < -0.3 is 20.3 Å². The van der Waals surface area contributed by atoms with Crippen molar-refractivity contribution in [3.63, 3.8) is 0 Å². The van der Waals surface area contributed by atoms with Gasteiger partial charge in [0, 0.05) is 25.1 Å². The van der Waals surface area contributed by atoms with Crippen molar-refractivity contribution in [3.8, 4) is 5.75 Å². The Balaban J connectivity index is 1.49. The molecule has 2 atom stereocenters. The molecular weight excluding hydrogens is 326 g/mol. The summed E-state index contributed by atoms with van der Waals surface area (Å²) in [5, 5.41) is 6.69. The van der Waals surface area contributed by atoms with Crippen LogP contribution in [0.5, 0.6) is 5.75 Å². The van der Waals surface area contributed by atoms with Gasteiger partial charge in [0.05, 0.1) is 17.7 Å². The van der Waals surface area contributed by atoms with Crippen LogP contribution in [0.4, 0.5) is 4.79 Å². The molecule has 2 aliphatic heterocycles. The first-order valence-corrected chi connectivity index (χ1v) is 9.23. The summed E-state index contributed by atoms with van der Waals surface area (Å²) < 4.78 is 5.63. The summed E-state index contributed by atoms with van der Waals surface area (Å²) in [6, 6.07) is 5.51. The fourth-order valence-corrected chi connectivity index (χ4v) is 3.82. The van der Waals surface area contributed by atoms with Crippen LogP contribution in [0, 0.1) is 5.92 Å². The van der Waals surface area contributed by atoms with E-state index in [2.05, 4.69) is 22.5 Å². The van der Waals surface area contributed by atoms with Crippen molar-refractivity contribution in [1.29, 1.82) is 0 Å². The molecule has 1 saturated heterocycles. The Morgan fingerprint density at radius 1 is 1.42 bits per heavy atom. The molecule has 2 amide bonds. The van der Waals surface area contributed by atoms with Crippen LogP contribution in [0.2, 0.25) is 5.02 Å². The van der Waals surface area contributed by atoms with E-state index in [1.54, 1.807) is 0 Å². The average Bonchev–Trinajstić information content (AvgIpc) is 3.02. The number of rotatable bonds is 5. The molecule has 0 spiro atoms. The third-order valence-electron chi connectivity index (χ3n) is 4.79. The standard InChI is InChI=1S/C18H26ClN3O2/c1-2-8-22-9-6-13(12-22)11-20-18(23)21-16-7-10-24-17-14(16)4-3-5-15(17)19/h3-5,13,16H,2,6-12H2,1H3,(H2,20,21,23)/t13-,16-/m1/s1. The molecule has 1 aromatic rings. The van der Waals surface area contributed by atoms with E-state index in [1.807, 2.05) is 18.2 Å². The number of benzene rings is 1. The molecule has 132 valence electrons. The van der Waals surface area contributed by atoms with Gasteiger partial charge in [-0.1, -0.05) is 30.7 Å². The van der Waals surface area contributed by atoms with Gasteiger partial charge in [-0.3, -0.25) is 0 Å². The topological polar surface area (TPSA) is 53.6 Å². The van der Waals surface area contributed by atoms with Gasteiger partial charge in [-0.25, -0.2) is 4.79 Å². The third-order valence-corrected chi connectivity index (χ3v) is 5.09. The Hall–Kier alpha value is -1.46. The highest BCUT2D eigenvalue weighted by atomic mass is 35.5. The number of fused-ring (bicyclic) bond motifs is 1. The second-order valence-electron chi connectivity index (χ2n) is 6.66. The lowest BCUT2D eigenvalue weighted by Gasteiger charge is -2.27. The lowest BCUT2D eigenvalue weighted by Crippen LogP contribution is -2.41. The molecule has 0 unspecified atom stereocenters. The predicted octanol–water partition coefficient (Wildman–Crippen LogP) is 3.19. The summed E-state index contributed by atoms with van der Waals surface area (Å²) in [6.45, 7) is 6.89. The first-order valence-electron chi connectivity index (χ1n) is 8.85. The van der Waals surface area contributed by atoms with E-state index in [-0.39, 0.29) is 12.1 Å². The van der Waals surface area contributed by atoms with Crippen LogP contribution in [-0.4, -0.2) is 43.7 Å². The number of nitrogens with one attached hydrogen (secondary N) is 2. The molecule has 3 rings (SSSR count). The maximum absolute atomic E-state index is 12.3. The number of likely N-dealkylation sites (tertiary alicyclic amines) is 1. The number of carbonyl (C=O) groups excluding carboxylic acids is 1. The highest BCUT2D eigenvalue weighted by molar-refractivity contribution is 6.32. The predicted molar refractivity (Wildman–Crippen MR) is 95.7 cm³/mol. The van der Waals surface area contributed by atoms with Crippen molar-refractivity contribution in [2.24, 2.45) is 5.92 Å². The molecule has 0 aliphatic carbocycles. The Morgan fingerprint density at radius 3 is 3.12 bits per heavy atom. The van der Waals surface area contributed by atoms with Gasteiger partial charge >= 0.3 is 6.03 Å². The molecule has 0 bridgehead atoms. The highest BCUT2D eigenvalue weighted by Gasteiger charge is 2.26.